The van der Waals surface area contributed by atoms with Gasteiger partial charge in [-0.3, -0.25) is 14.4 Å². The van der Waals surface area contributed by atoms with Crippen LogP contribution in [0.1, 0.15) is 50.3 Å². The quantitative estimate of drug-likeness (QED) is 0.399. The largest absolute Gasteiger partial charge is 0.367 e. The minimum absolute atomic E-state index is 0.0864. The third-order valence-corrected chi connectivity index (χ3v) is 8.07. The third kappa shape index (κ3) is 7.91. The molecule has 1 heterocycles. The van der Waals surface area contributed by atoms with E-state index in [4.69, 9.17) is 4.74 Å². The van der Waals surface area contributed by atoms with Crippen LogP contribution in [0.3, 0.4) is 0 Å². The van der Waals surface area contributed by atoms with E-state index in [0.717, 1.165) is 56.7 Å². The number of nitrogens with zero attached hydrogens (tertiary/aromatic N) is 2. The molecular weight excluding hydrogens is 473 g/mol. The highest BCUT2D eigenvalue weighted by Gasteiger charge is 2.36. The smallest absolute Gasteiger partial charge is 0.325 e. The van der Waals surface area contributed by atoms with Crippen LogP contribution in [-0.4, -0.2) is 70.6 Å². The lowest BCUT2D eigenvalue weighted by atomic mass is 9.87. The van der Waals surface area contributed by atoms with Gasteiger partial charge in [-0.2, -0.15) is 0 Å². The third-order valence-electron chi connectivity index (χ3n) is 7.27. The van der Waals surface area contributed by atoms with Crippen molar-refractivity contribution in [2.75, 3.05) is 45.5 Å². The average molecular weight is 511 g/mol. The molecule has 0 saturated carbocycles. The summed E-state index contributed by atoms with van der Waals surface area (Å²) in [5.41, 5.74) is 1.42. The van der Waals surface area contributed by atoms with Crippen LogP contribution in [0.4, 0.5) is 8.78 Å². The van der Waals surface area contributed by atoms with Crippen molar-refractivity contribution < 1.29 is 27.9 Å². The molecule has 6 nitrogen and oxygen atoms in total. The molecule has 2 aromatic carbocycles. The monoisotopic (exact) mass is 510 g/mol. The number of piperazine rings is 1. The lowest BCUT2D eigenvalue weighted by Gasteiger charge is -2.47. The minimum Gasteiger partial charge on any atom is -0.367 e. The summed E-state index contributed by atoms with van der Waals surface area (Å²) in [5, 5.41) is 0. The Morgan fingerprint density at radius 3 is 1.83 bits per heavy atom. The molecule has 0 bridgehead atoms. The second-order valence-electron chi connectivity index (χ2n) is 9.25. The molecule has 0 amide bonds. The maximum Gasteiger partial charge on any atom is 0.325 e. The molecule has 0 aliphatic carbocycles. The van der Waals surface area contributed by atoms with Crippen molar-refractivity contribution in [3.63, 3.8) is 0 Å². The van der Waals surface area contributed by atoms with Gasteiger partial charge in [0.1, 0.15) is 17.7 Å². The van der Waals surface area contributed by atoms with Gasteiger partial charge in [-0.1, -0.05) is 38.1 Å². The molecule has 0 radical (unpaired) electrons. The molecule has 9 heteroatoms. The lowest BCUT2D eigenvalue weighted by molar-refractivity contribution is 0.00549. The van der Waals surface area contributed by atoms with Gasteiger partial charge in [-0.05, 0) is 54.7 Å². The summed E-state index contributed by atoms with van der Waals surface area (Å²) < 4.78 is 44.6. The molecule has 1 aliphatic rings. The van der Waals surface area contributed by atoms with Crippen LogP contribution in [-0.2, 0) is 9.30 Å². The Morgan fingerprint density at radius 1 is 0.914 bits per heavy atom. The van der Waals surface area contributed by atoms with E-state index in [1.807, 2.05) is 0 Å². The standard InChI is InChI=1S/C26H37F2N2O4P/c1-3-26(4-2,13-20-35(31,32)33)30-16-14-29(15-17-30)18-19-34-25(21-5-9-23(27)10-6-21)22-7-11-24(28)12-8-22/h5-12,25H,3-4,13-20H2,1-2H3,(H2,31,32,33). The van der Waals surface area contributed by atoms with Crippen molar-refractivity contribution in [2.45, 2.75) is 44.8 Å². The predicted octanol–water partition coefficient (Wildman–Crippen LogP) is 4.82. The van der Waals surface area contributed by atoms with Crippen molar-refractivity contribution in [1.29, 1.82) is 0 Å². The molecule has 1 saturated heterocycles. The number of hydrogen-bond donors (Lipinski definition) is 2. The summed E-state index contributed by atoms with van der Waals surface area (Å²) in [6.45, 7) is 8.73. The summed E-state index contributed by atoms with van der Waals surface area (Å²) in [5.74, 6) is -0.638. The second-order valence-corrected chi connectivity index (χ2v) is 11.0. The molecule has 1 aliphatic heterocycles. The fraction of sp³-hybridized carbons (Fsp3) is 0.538. The van der Waals surface area contributed by atoms with Crippen molar-refractivity contribution >= 4 is 7.60 Å². The molecule has 0 atom stereocenters. The number of benzene rings is 2. The van der Waals surface area contributed by atoms with E-state index in [2.05, 4.69) is 23.6 Å². The number of hydrogen-bond acceptors (Lipinski definition) is 4. The molecule has 1 fully saturated rings. The van der Waals surface area contributed by atoms with Gasteiger partial charge in [0.25, 0.3) is 0 Å². The normalized spacial score (nSPS) is 16.2. The van der Waals surface area contributed by atoms with Gasteiger partial charge in [0.15, 0.2) is 0 Å². The van der Waals surface area contributed by atoms with Crippen molar-refractivity contribution in [2.24, 2.45) is 0 Å². The van der Waals surface area contributed by atoms with E-state index < -0.39 is 13.7 Å². The average Bonchev–Trinajstić information content (AvgIpc) is 2.84. The Bertz CT molecular complexity index is 911. The van der Waals surface area contributed by atoms with Gasteiger partial charge in [0, 0.05) is 38.3 Å². The summed E-state index contributed by atoms with van der Waals surface area (Å²) in [6, 6.07) is 12.3. The first-order valence-corrected chi connectivity index (χ1v) is 14.1. The van der Waals surface area contributed by atoms with Crippen LogP contribution in [0.2, 0.25) is 0 Å². The van der Waals surface area contributed by atoms with Crippen LogP contribution in [0.5, 0.6) is 0 Å². The van der Waals surface area contributed by atoms with Gasteiger partial charge in [-0.25, -0.2) is 8.78 Å². The first-order chi connectivity index (χ1) is 16.7. The van der Waals surface area contributed by atoms with Gasteiger partial charge >= 0.3 is 7.60 Å². The van der Waals surface area contributed by atoms with Crippen LogP contribution < -0.4 is 0 Å². The Kier molecular flexibility index (Phi) is 9.99. The van der Waals surface area contributed by atoms with Crippen LogP contribution in [0.15, 0.2) is 48.5 Å². The Balaban J connectivity index is 1.57. The van der Waals surface area contributed by atoms with E-state index in [1.54, 1.807) is 24.3 Å². The maximum atomic E-state index is 13.4. The summed E-state index contributed by atoms with van der Waals surface area (Å²) in [7, 11) is -4.03. The minimum atomic E-state index is -4.03. The highest BCUT2D eigenvalue weighted by molar-refractivity contribution is 7.51. The van der Waals surface area contributed by atoms with Crippen LogP contribution in [0.25, 0.3) is 0 Å². The Hall–Kier alpha value is -1.67. The number of ether oxygens (including phenoxy) is 1. The summed E-state index contributed by atoms with van der Waals surface area (Å²) >= 11 is 0. The lowest BCUT2D eigenvalue weighted by Crippen LogP contribution is -2.57. The fourth-order valence-corrected chi connectivity index (χ4v) is 5.68. The number of halogens is 2. The van der Waals surface area contributed by atoms with Crippen LogP contribution in [0, 0.1) is 11.6 Å². The van der Waals surface area contributed by atoms with E-state index in [-0.39, 0.29) is 23.3 Å². The zero-order valence-corrected chi connectivity index (χ0v) is 21.5. The molecule has 0 spiro atoms. The van der Waals surface area contributed by atoms with E-state index in [1.165, 1.54) is 24.3 Å². The second kappa shape index (κ2) is 12.5. The molecule has 194 valence electrons. The molecule has 2 N–H and O–H groups in total. The van der Waals surface area contributed by atoms with Crippen molar-refractivity contribution in [1.82, 2.24) is 9.80 Å². The first kappa shape index (κ1) is 27.9. The zero-order chi connectivity index (χ0) is 25.5. The van der Waals surface area contributed by atoms with E-state index in [9.17, 15) is 23.1 Å². The van der Waals surface area contributed by atoms with Gasteiger partial charge in [0.2, 0.25) is 0 Å². The fourth-order valence-electron chi connectivity index (χ4n) is 4.97. The zero-order valence-electron chi connectivity index (χ0n) is 20.6. The predicted molar refractivity (Wildman–Crippen MR) is 133 cm³/mol. The maximum absolute atomic E-state index is 13.4. The summed E-state index contributed by atoms with van der Waals surface area (Å²) in [6.07, 6.45) is 1.69. The van der Waals surface area contributed by atoms with Gasteiger partial charge in [-0.15, -0.1) is 0 Å². The van der Waals surface area contributed by atoms with Gasteiger partial charge < -0.3 is 14.5 Å². The van der Waals surface area contributed by atoms with Crippen molar-refractivity contribution in [3.05, 3.63) is 71.3 Å². The molecule has 3 rings (SSSR count). The molecule has 0 unspecified atom stereocenters. The molecule has 2 aromatic rings. The highest BCUT2D eigenvalue weighted by Crippen LogP contribution is 2.40. The van der Waals surface area contributed by atoms with E-state index >= 15 is 0 Å². The molecule has 0 aromatic heterocycles. The van der Waals surface area contributed by atoms with E-state index in [0.29, 0.717) is 13.0 Å². The SMILES string of the molecule is CCC(CC)(CCP(=O)(O)O)N1CCN(CCOC(c2ccc(F)cc2)c2ccc(F)cc2)CC1. The highest BCUT2D eigenvalue weighted by atomic mass is 31.2. The molecule has 35 heavy (non-hydrogen) atoms. The Labute approximate surface area is 207 Å². The topological polar surface area (TPSA) is 73.2 Å². The number of rotatable bonds is 12. The van der Waals surface area contributed by atoms with Crippen LogP contribution >= 0.6 is 7.60 Å². The Morgan fingerprint density at radius 2 is 1.40 bits per heavy atom. The van der Waals surface area contributed by atoms with Crippen molar-refractivity contribution in [3.8, 4) is 0 Å². The van der Waals surface area contributed by atoms with Gasteiger partial charge in [0.05, 0.1) is 12.8 Å². The first-order valence-electron chi connectivity index (χ1n) is 12.3. The summed E-state index contributed by atoms with van der Waals surface area (Å²) in [4.78, 5) is 23.5. The molecular formula is C26H37F2N2O4P.